The van der Waals surface area contributed by atoms with Gasteiger partial charge in [0.15, 0.2) is 17.5 Å². The van der Waals surface area contributed by atoms with Crippen molar-refractivity contribution in [3.63, 3.8) is 0 Å². The minimum absolute atomic E-state index is 0.0399. The lowest BCUT2D eigenvalue weighted by Crippen LogP contribution is -2.40. The molecular formula is C45H49N15O10. The second kappa shape index (κ2) is 19.5. The van der Waals surface area contributed by atoms with Crippen LogP contribution in [0.15, 0.2) is 85.7 Å². The van der Waals surface area contributed by atoms with E-state index in [1.807, 2.05) is 54.6 Å². The Hall–Kier alpha value is -7.45. The molecular weight excluding hydrogens is 911 g/mol. The van der Waals surface area contributed by atoms with Crippen molar-refractivity contribution in [3.8, 4) is 18.2 Å². The molecule has 12 atom stereocenters. The number of fused-ring (bicyclic) bond motifs is 3. The van der Waals surface area contributed by atoms with Crippen molar-refractivity contribution >= 4 is 34.0 Å². The smallest absolute Gasteiger partial charge is 0.225 e. The van der Waals surface area contributed by atoms with Gasteiger partial charge in [0.25, 0.3) is 0 Å². The van der Waals surface area contributed by atoms with Gasteiger partial charge in [0.2, 0.25) is 16.8 Å². The normalized spacial score (nSPS) is 30.3. The van der Waals surface area contributed by atoms with Crippen LogP contribution in [0.3, 0.4) is 0 Å². The molecule has 0 amide bonds. The van der Waals surface area contributed by atoms with Crippen molar-refractivity contribution in [3.05, 3.63) is 108 Å². The van der Waals surface area contributed by atoms with E-state index in [1.165, 1.54) is 40.1 Å². The molecule has 3 aliphatic heterocycles. The third-order valence-electron chi connectivity index (χ3n) is 12.8. The summed E-state index contributed by atoms with van der Waals surface area (Å²) >= 11 is 0. The number of hydrogen-bond acceptors (Lipinski definition) is 22. The van der Waals surface area contributed by atoms with Gasteiger partial charge >= 0.3 is 0 Å². The highest BCUT2D eigenvalue weighted by Crippen LogP contribution is 2.46. The highest BCUT2D eigenvalue weighted by Gasteiger charge is 2.59. The summed E-state index contributed by atoms with van der Waals surface area (Å²) in [5.74, 6) is 0.805. The van der Waals surface area contributed by atoms with E-state index >= 15 is 0 Å². The molecule has 3 fully saturated rings. The lowest BCUT2D eigenvalue weighted by molar-refractivity contribution is -0.0817. The molecule has 7 aromatic rings. The van der Waals surface area contributed by atoms with Crippen molar-refractivity contribution in [2.75, 3.05) is 30.4 Å². The standard InChI is InChI=1S/C21H23N5O2.2C12H13N5O4/c1-3-17-14(2)19(27-11-15-7-5-4-6-8-15)21(12-22,28-17)18-10-9-16-20(23)24-13-25-26(16)18;2*13-4-12(10(20)9(19)7(3-18)21-12)8-2-1-6-11(14)15-5-16-17(6)8/h4-10,13-14,17,19H,3,11H2,1-2H3,(H2,23,24,25);2*1-2,5,7,9-10,18-20H,3H2,(H2,14,15,16)/t14-,17-,19?,21?;7-,9-,10-,12+;7-,9-,10-,12-/m111/s1. The highest BCUT2D eigenvalue weighted by atomic mass is 16.6. The lowest BCUT2D eigenvalue weighted by Gasteiger charge is -2.28. The Balaban J connectivity index is 0.000000143. The summed E-state index contributed by atoms with van der Waals surface area (Å²) in [6.45, 7) is 3.48. The van der Waals surface area contributed by atoms with E-state index in [1.54, 1.807) is 16.6 Å². The molecule has 364 valence electrons. The molecule has 25 heteroatoms. The number of aliphatic hydroxyl groups excluding tert-OH is 6. The molecule has 6 aromatic heterocycles. The summed E-state index contributed by atoms with van der Waals surface area (Å²) in [4.78, 5) is 11.7. The van der Waals surface area contributed by atoms with Gasteiger partial charge in [-0.2, -0.15) is 31.1 Å². The quantitative estimate of drug-likeness (QED) is 0.0867. The molecule has 2 unspecified atom stereocenters. The highest BCUT2D eigenvalue weighted by molar-refractivity contribution is 5.67. The maximum atomic E-state index is 10.3. The fraction of sp³-hybridized carbons (Fsp3) is 0.400. The van der Waals surface area contributed by atoms with E-state index in [2.05, 4.69) is 50.2 Å². The van der Waals surface area contributed by atoms with Crippen LogP contribution in [0.5, 0.6) is 0 Å². The van der Waals surface area contributed by atoms with Crippen LogP contribution in [0.2, 0.25) is 0 Å². The Morgan fingerprint density at radius 2 is 0.986 bits per heavy atom. The number of ether oxygens (including phenoxy) is 4. The van der Waals surface area contributed by atoms with Gasteiger partial charge in [-0.05, 0) is 48.4 Å². The fourth-order valence-corrected chi connectivity index (χ4v) is 9.18. The van der Waals surface area contributed by atoms with Crippen LogP contribution in [0.25, 0.3) is 16.6 Å². The third kappa shape index (κ3) is 7.93. The zero-order valence-electron chi connectivity index (χ0n) is 37.5. The first-order valence-corrected chi connectivity index (χ1v) is 21.8. The summed E-state index contributed by atoms with van der Waals surface area (Å²) in [5, 5.41) is 100. The number of rotatable bonds is 9. The van der Waals surface area contributed by atoms with Crippen LogP contribution in [-0.2, 0) is 42.4 Å². The van der Waals surface area contributed by atoms with E-state index in [9.17, 15) is 46.4 Å². The third-order valence-corrected chi connectivity index (χ3v) is 12.8. The first-order valence-electron chi connectivity index (χ1n) is 21.8. The van der Waals surface area contributed by atoms with E-state index in [0.29, 0.717) is 34.7 Å². The Morgan fingerprint density at radius 1 is 0.600 bits per heavy atom. The molecule has 0 bridgehead atoms. The van der Waals surface area contributed by atoms with Gasteiger partial charge in [0, 0.05) is 5.92 Å². The number of anilines is 3. The number of nitrogens with two attached hydrogens (primary N) is 3. The first kappa shape index (κ1) is 49.0. The second-order valence-corrected chi connectivity index (χ2v) is 16.7. The van der Waals surface area contributed by atoms with Crippen LogP contribution in [0, 0.1) is 39.9 Å². The SMILES string of the molecule is CC[C@H]1OC(C#N)(c2ccc3c(N)ncnn23)C(OCc2ccccc2)[C@@H]1C.N#C[C@@]1(c2ccc3c(N)ncnn23)O[C@H](CO)[C@@H](O)[C@H]1O.N#C[C@]1(c2ccc3c(N)ncnn23)O[C@H](CO)[C@@H](O)[C@H]1O. The summed E-state index contributed by atoms with van der Waals surface area (Å²) in [6, 6.07) is 25.9. The molecule has 25 nitrogen and oxygen atoms in total. The predicted molar refractivity (Wildman–Crippen MR) is 241 cm³/mol. The molecule has 70 heavy (non-hydrogen) atoms. The van der Waals surface area contributed by atoms with Crippen molar-refractivity contribution < 1.29 is 49.6 Å². The fourth-order valence-electron chi connectivity index (χ4n) is 9.18. The first-order chi connectivity index (χ1) is 33.7. The molecule has 0 aliphatic carbocycles. The Labute approximate surface area is 397 Å². The van der Waals surface area contributed by atoms with Crippen LogP contribution in [0.4, 0.5) is 17.5 Å². The van der Waals surface area contributed by atoms with Gasteiger partial charge < -0.3 is 66.8 Å². The summed E-state index contributed by atoms with van der Waals surface area (Å²) in [6.07, 6.45) is -3.93. The number of nitriles is 3. The number of nitrogens with zero attached hydrogens (tertiary/aromatic N) is 12. The zero-order valence-corrected chi connectivity index (χ0v) is 37.5. The van der Waals surface area contributed by atoms with Gasteiger partial charge in [0.1, 0.15) is 96.5 Å². The number of aliphatic hydroxyl groups is 6. The average Bonchev–Trinajstić information content (AvgIpc) is 4.24. The van der Waals surface area contributed by atoms with E-state index in [-0.39, 0.29) is 35.0 Å². The molecule has 0 spiro atoms. The van der Waals surface area contributed by atoms with Crippen LogP contribution < -0.4 is 17.2 Å². The van der Waals surface area contributed by atoms with Crippen molar-refractivity contribution in [2.24, 2.45) is 5.92 Å². The van der Waals surface area contributed by atoms with Crippen LogP contribution >= 0.6 is 0 Å². The van der Waals surface area contributed by atoms with Crippen molar-refractivity contribution in [1.82, 2.24) is 43.8 Å². The van der Waals surface area contributed by atoms with E-state index < -0.39 is 72.7 Å². The summed E-state index contributed by atoms with van der Waals surface area (Å²) in [7, 11) is 0. The Bertz CT molecular complexity index is 2990. The molecule has 10 rings (SSSR count). The lowest BCUT2D eigenvalue weighted by atomic mass is 9.87. The molecule has 12 N–H and O–H groups in total. The van der Waals surface area contributed by atoms with E-state index in [0.717, 1.165) is 12.0 Å². The largest absolute Gasteiger partial charge is 0.394 e. The molecule has 3 saturated heterocycles. The van der Waals surface area contributed by atoms with Crippen LogP contribution in [0.1, 0.15) is 42.9 Å². The number of nitrogen functional groups attached to an aromatic ring is 3. The van der Waals surface area contributed by atoms with Gasteiger partial charge in [-0.15, -0.1) is 0 Å². The van der Waals surface area contributed by atoms with Crippen molar-refractivity contribution in [1.29, 1.82) is 15.8 Å². The van der Waals surface area contributed by atoms with E-state index in [4.69, 9.17) is 36.1 Å². The molecule has 3 aliphatic rings. The predicted octanol–water partition coefficient (Wildman–Crippen LogP) is -0.653. The average molecular weight is 960 g/mol. The summed E-state index contributed by atoms with van der Waals surface area (Å²) in [5.41, 5.74) is 16.1. The number of benzene rings is 1. The Kier molecular flexibility index (Phi) is 13.7. The molecule has 0 radical (unpaired) electrons. The Morgan fingerprint density at radius 3 is 1.34 bits per heavy atom. The molecule has 9 heterocycles. The maximum Gasteiger partial charge on any atom is 0.225 e. The molecule has 1 aromatic carbocycles. The van der Waals surface area contributed by atoms with Gasteiger partial charge in [-0.25, -0.2) is 28.5 Å². The van der Waals surface area contributed by atoms with Gasteiger partial charge in [0.05, 0.1) is 43.0 Å². The second-order valence-electron chi connectivity index (χ2n) is 16.7. The van der Waals surface area contributed by atoms with Crippen molar-refractivity contribution in [2.45, 2.75) is 92.5 Å². The molecule has 0 saturated carbocycles. The van der Waals surface area contributed by atoms with Gasteiger partial charge in [-0.1, -0.05) is 44.2 Å². The zero-order chi connectivity index (χ0) is 50.1. The monoisotopic (exact) mass is 959 g/mol. The maximum absolute atomic E-state index is 10.3. The van der Waals surface area contributed by atoms with Gasteiger partial charge in [-0.3, -0.25) is 0 Å². The minimum Gasteiger partial charge on any atom is -0.394 e. The number of aromatic nitrogens is 9. The topological polar surface area (TPSA) is 398 Å². The summed E-state index contributed by atoms with van der Waals surface area (Å²) < 4.78 is 27.8. The minimum atomic E-state index is -1.85. The number of hydrogen-bond donors (Lipinski definition) is 9. The van der Waals surface area contributed by atoms with Crippen LogP contribution in [-0.4, -0.2) is 136 Å².